The first-order valence-corrected chi connectivity index (χ1v) is 6.04. The molecule has 1 aliphatic carbocycles. The van der Waals surface area contributed by atoms with Crippen molar-refractivity contribution in [2.45, 2.75) is 45.6 Å². The van der Waals surface area contributed by atoms with Crippen LogP contribution in [0.2, 0.25) is 0 Å². The van der Waals surface area contributed by atoms with Gasteiger partial charge in [0.25, 0.3) is 0 Å². The van der Waals surface area contributed by atoms with Gasteiger partial charge in [-0.05, 0) is 38.5 Å². The number of rotatable bonds is 5. The Morgan fingerprint density at radius 2 is 2.25 bits per heavy atom. The molecular weight excluding hydrogens is 208 g/mol. The molecule has 1 fully saturated rings. The normalized spacial score (nSPS) is 34.0. The Hall–Kier alpha value is -0.610. The Morgan fingerprint density at radius 1 is 1.56 bits per heavy atom. The van der Waals surface area contributed by atoms with E-state index in [2.05, 4.69) is 0 Å². The summed E-state index contributed by atoms with van der Waals surface area (Å²) in [6, 6.07) is 0. The molecule has 4 nitrogen and oxygen atoms in total. The van der Waals surface area contributed by atoms with Crippen molar-refractivity contribution in [2.75, 3.05) is 13.2 Å². The Bertz CT molecular complexity index is 241. The summed E-state index contributed by atoms with van der Waals surface area (Å²) in [5.74, 6) is -0.177. The van der Waals surface area contributed by atoms with E-state index in [0.29, 0.717) is 25.9 Å². The summed E-state index contributed by atoms with van der Waals surface area (Å²) in [7, 11) is 0. The van der Waals surface area contributed by atoms with Crippen LogP contribution in [0.5, 0.6) is 0 Å². The lowest BCUT2D eigenvalue weighted by atomic mass is 9.78. The molecule has 0 aromatic heterocycles. The zero-order valence-electron chi connectivity index (χ0n) is 10.1. The van der Waals surface area contributed by atoms with Gasteiger partial charge in [0.15, 0.2) is 0 Å². The molecule has 16 heavy (non-hydrogen) atoms. The second-order valence-electron chi connectivity index (χ2n) is 4.66. The Labute approximate surface area is 96.6 Å². The SMILES string of the molecule is CCOC(=O)[C@@]1(CCCO)CC[C@H](C)[C@@H]1O. The first-order valence-electron chi connectivity index (χ1n) is 6.04. The van der Waals surface area contributed by atoms with Gasteiger partial charge in [-0.1, -0.05) is 6.92 Å². The maximum atomic E-state index is 12.0. The van der Waals surface area contributed by atoms with Crippen LogP contribution in [0.1, 0.15) is 39.5 Å². The van der Waals surface area contributed by atoms with Crippen molar-refractivity contribution in [1.29, 1.82) is 0 Å². The van der Waals surface area contributed by atoms with Crippen molar-refractivity contribution in [1.82, 2.24) is 0 Å². The van der Waals surface area contributed by atoms with Crippen molar-refractivity contribution in [3.8, 4) is 0 Å². The van der Waals surface area contributed by atoms with Crippen molar-refractivity contribution >= 4 is 5.97 Å². The average molecular weight is 230 g/mol. The lowest BCUT2D eigenvalue weighted by molar-refractivity contribution is -0.163. The van der Waals surface area contributed by atoms with Gasteiger partial charge in [0.2, 0.25) is 0 Å². The number of esters is 1. The third kappa shape index (κ3) is 2.38. The van der Waals surface area contributed by atoms with Crippen molar-refractivity contribution < 1.29 is 19.7 Å². The van der Waals surface area contributed by atoms with Crippen molar-refractivity contribution in [3.63, 3.8) is 0 Å². The second kappa shape index (κ2) is 5.64. The molecule has 0 heterocycles. The van der Waals surface area contributed by atoms with E-state index in [1.54, 1.807) is 6.92 Å². The molecule has 1 rings (SSSR count). The molecule has 3 atom stereocenters. The summed E-state index contributed by atoms with van der Waals surface area (Å²) in [5, 5.41) is 19.0. The number of aliphatic hydroxyl groups is 2. The lowest BCUT2D eigenvalue weighted by Crippen LogP contribution is -2.41. The minimum Gasteiger partial charge on any atom is -0.465 e. The molecule has 1 saturated carbocycles. The number of aliphatic hydroxyl groups excluding tert-OH is 2. The van der Waals surface area contributed by atoms with Gasteiger partial charge < -0.3 is 14.9 Å². The molecule has 0 aromatic carbocycles. The summed E-state index contributed by atoms with van der Waals surface area (Å²) >= 11 is 0. The minimum atomic E-state index is -0.780. The number of hydrogen-bond acceptors (Lipinski definition) is 4. The van der Waals surface area contributed by atoms with E-state index in [9.17, 15) is 9.90 Å². The maximum absolute atomic E-state index is 12.0. The third-order valence-corrected chi connectivity index (χ3v) is 3.61. The van der Waals surface area contributed by atoms with Crippen LogP contribution in [0.3, 0.4) is 0 Å². The Kier molecular flexibility index (Phi) is 4.74. The highest BCUT2D eigenvalue weighted by Gasteiger charge is 2.52. The molecule has 0 bridgehead atoms. The number of hydrogen-bond donors (Lipinski definition) is 2. The third-order valence-electron chi connectivity index (χ3n) is 3.61. The molecule has 0 aliphatic heterocycles. The summed E-state index contributed by atoms with van der Waals surface area (Å²) < 4.78 is 5.06. The molecule has 2 N–H and O–H groups in total. The van der Waals surface area contributed by atoms with E-state index >= 15 is 0 Å². The average Bonchev–Trinajstić information content (AvgIpc) is 2.55. The summed E-state index contributed by atoms with van der Waals surface area (Å²) in [4.78, 5) is 12.0. The second-order valence-corrected chi connectivity index (χ2v) is 4.66. The summed E-state index contributed by atoms with van der Waals surface area (Å²) in [6.07, 6.45) is 1.90. The monoisotopic (exact) mass is 230 g/mol. The van der Waals surface area contributed by atoms with Crippen molar-refractivity contribution in [2.24, 2.45) is 11.3 Å². The fraction of sp³-hybridized carbons (Fsp3) is 0.917. The van der Waals surface area contributed by atoms with Crippen LogP contribution < -0.4 is 0 Å². The predicted molar refractivity (Wildman–Crippen MR) is 59.8 cm³/mol. The summed E-state index contributed by atoms with van der Waals surface area (Å²) in [6.45, 7) is 4.09. The fourth-order valence-electron chi connectivity index (χ4n) is 2.60. The van der Waals surface area contributed by atoms with Crippen LogP contribution in [0, 0.1) is 11.3 Å². The first-order chi connectivity index (χ1) is 7.58. The number of carbonyl (C=O) groups excluding carboxylic acids is 1. The van der Waals surface area contributed by atoms with Crippen LogP contribution in [-0.2, 0) is 9.53 Å². The van der Waals surface area contributed by atoms with Crippen LogP contribution in [0.25, 0.3) is 0 Å². The molecular formula is C12H22O4. The molecule has 94 valence electrons. The molecule has 0 amide bonds. The van der Waals surface area contributed by atoms with Crippen LogP contribution in [0.15, 0.2) is 0 Å². The molecule has 0 unspecified atom stereocenters. The first kappa shape index (κ1) is 13.5. The van der Waals surface area contributed by atoms with E-state index < -0.39 is 11.5 Å². The van der Waals surface area contributed by atoms with Gasteiger partial charge in [0.05, 0.1) is 18.1 Å². The quantitative estimate of drug-likeness (QED) is 0.694. The number of ether oxygens (including phenoxy) is 1. The summed E-state index contributed by atoms with van der Waals surface area (Å²) in [5.41, 5.74) is -0.780. The predicted octanol–water partition coefficient (Wildman–Crippen LogP) is 1.10. The van der Waals surface area contributed by atoms with Gasteiger partial charge in [0.1, 0.15) is 0 Å². The van der Waals surface area contributed by atoms with E-state index in [1.807, 2.05) is 6.92 Å². The molecule has 0 saturated heterocycles. The topological polar surface area (TPSA) is 66.8 Å². The van der Waals surface area contributed by atoms with Crippen LogP contribution in [0.4, 0.5) is 0 Å². The molecule has 0 radical (unpaired) electrons. The van der Waals surface area contributed by atoms with Gasteiger partial charge in [0, 0.05) is 6.61 Å². The number of carbonyl (C=O) groups is 1. The molecule has 4 heteroatoms. The smallest absolute Gasteiger partial charge is 0.314 e. The maximum Gasteiger partial charge on any atom is 0.314 e. The highest BCUT2D eigenvalue weighted by atomic mass is 16.5. The van der Waals surface area contributed by atoms with Crippen LogP contribution >= 0.6 is 0 Å². The fourth-order valence-corrected chi connectivity index (χ4v) is 2.60. The Morgan fingerprint density at radius 3 is 2.69 bits per heavy atom. The Balaban J connectivity index is 2.80. The van der Waals surface area contributed by atoms with E-state index in [0.717, 1.165) is 6.42 Å². The molecule has 0 spiro atoms. The molecule has 0 aromatic rings. The van der Waals surface area contributed by atoms with E-state index in [1.165, 1.54) is 0 Å². The van der Waals surface area contributed by atoms with Crippen LogP contribution in [-0.4, -0.2) is 35.5 Å². The standard InChI is InChI=1S/C12H22O4/c1-3-16-11(15)12(6-4-8-13)7-5-9(2)10(12)14/h9-10,13-14H,3-8H2,1-2H3/t9-,10-,12-/m0/s1. The van der Waals surface area contributed by atoms with E-state index in [4.69, 9.17) is 9.84 Å². The van der Waals surface area contributed by atoms with Gasteiger partial charge in [-0.15, -0.1) is 0 Å². The van der Waals surface area contributed by atoms with Crippen molar-refractivity contribution in [3.05, 3.63) is 0 Å². The zero-order valence-corrected chi connectivity index (χ0v) is 10.1. The van der Waals surface area contributed by atoms with Gasteiger partial charge in [-0.3, -0.25) is 4.79 Å². The minimum absolute atomic E-state index is 0.0439. The van der Waals surface area contributed by atoms with E-state index in [-0.39, 0.29) is 18.5 Å². The highest BCUT2D eigenvalue weighted by molar-refractivity contribution is 5.78. The largest absolute Gasteiger partial charge is 0.465 e. The lowest BCUT2D eigenvalue weighted by Gasteiger charge is -2.31. The van der Waals surface area contributed by atoms with Gasteiger partial charge in [-0.25, -0.2) is 0 Å². The molecule has 1 aliphatic rings. The highest BCUT2D eigenvalue weighted by Crippen LogP contribution is 2.46. The van der Waals surface area contributed by atoms with Gasteiger partial charge in [-0.2, -0.15) is 0 Å². The van der Waals surface area contributed by atoms with Gasteiger partial charge >= 0.3 is 5.97 Å². The zero-order chi connectivity index (χ0) is 12.2.